The Morgan fingerprint density at radius 3 is 2.61 bits per heavy atom. The standard InChI is InChI=1S/C15H24ClNO/c1-4-7-13(6-3)17-14-11-12(16)8-9-15(14)18-10-5-2/h8-9,11,13,17H,4-7,10H2,1-3H3. The van der Waals surface area contributed by atoms with Gasteiger partial charge in [0, 0.05) is 11.1 Å². The lowest BCUT2D eigenvalue weighted by Gasteiger charge is -2.20. The number of nitrogens with one attached hydrogen (secondary N) is 1. The average molecular weight is 270 g/mol. The van der Waals surface area contributed by atoms with Gasteiger partial charge in [0.25, 0.3) is 0 Å². The van der Waals surface area contributed by atoms with Crippen LogP contribution < -0.4 is 10.1 Å². The van der Waals surface area contributed by atoms with Crippen molar-refractivity contribution >= 4 is 17.3 Å². The molecule has 0 saturated heterocycles. The molecule has 0 aliphatic heterocycles. The minimum atomic E-state index is 0.484. The SMILES string of the molecule is CCCOc1ccc(Cl)cc1NC(CC)CCC. The van der Waals surface area contributed by atoms with E-state index in [4.69, 9.17) is 16.3 Å². The summed E-state index contributed by atoms with van der Waals surface area (Å²) in [5, 5.41) is 4.28. The Morgan fingerprint density at radius 2 is 2.00 bits per heavy atom. The third-order valence-corrected chi connectivity index (χ3v) is 3.13. The fourth-order valence-electron chi connectivity index (χ4n) is 1.90. The van der Waals surface area contributed by atoms with Gasteiger partial charge in [-0.1, -0.05) is 38.8 Å². The van der Waals surface area contributed by atoms with Crippen LogP contribution in [0.2, 0.25) is 5.02 Å². The Morgan fingerprint density at radius 1 is 1.22 bits per heavy atom. The van der Waals surface area contributed by atoms with E-state index in [1.165, 1.54) is 6.42 Å². The van der Waals surface area contributed by atoms with Gasteiger partial charge in [0.15, 0.2) is 0 Å². The predicted molar refractivity (Wildman–Crippen MR) is 79.8 cm³/mol. The number of benzene rings is 1. The smallest absolute Gasteiger partial charge is 0.142 e. The molecule has 1 N–H and O–H groups in total. The molecular formula is C15H24ClNO. The zero-order valence-electron chi connectivity index (χ0n) is 11.6. The van der Waals surface area contributed by atoms with Gasteiger partial charge in [0.05, 0.1) is 12.3 Å². The summed E-state index contributed by atoms with van der Waals surface area (Å²) in [6, 6.07) is 6.25. The molecule has 1 aromatic rings. The Hall–Kier alpha value is -0.890. The second-order valence-corrected chi connectivity index (χ2v) is 4.96. The first-order valence-corrected chi connectivity index (χ1v) is 7.27. The number of hydrogen-bond acceptors (Lipinski definition) is 2. The van der Waals surface area contributed by atoms with Crippen LogP contribution in [0.4, 0.5) is 5.69 Å². The third-order valence-electron chi connectivity index (χ3n) is 2.89. The van der Waals surface area contributed by atoms with Crippen LogP contribution in [-0.2, 0) is 0 Å². The molecule has 0 spiro atoms. The molecule has 0 heterocycles. The number of rotatable bonds is 8. The first-order valence-electron chi connectivity index (χ1n) is 6.90. The van der Waals surface area contributed by atoms with Crippen LogP contribution >= 0.6 is 11.6 Å². The van der Waals surface area contributed by atoms with E-state index in [-0.39, 0.29) is 0 Å². The highest BCUT2D eigenvalue weighted by atomic mass is 35.5. The molecule has 0 aliphatic carbocycles. The molecular weight excluding hydrogens is 246 g/mol. The lowest BCUT2D eigenvalue weighted by molar-refractivity contribution is 0.318. The van der Waals surface area contributed by atoms with Crippen molar-refractivity contribution in [1.29, 1.82) is 0 Å². The van der Waals surface area contributed by atoms with Crippen LogP contribution in [0.1, 0.15) is 46.5 Å². The molecule has 0 saturated carbocycles. The van der Waals surface area contributed by atoms with Crippen LogP contribution in [0.25, 0.3) is 0 Å². The first-order chi connectivity index (χ1) is 8.71. The van der Waals surface area contributed by atoms with E-state index in [0.717, 1.165) is 42.3 Å². The van der Waals surface area contributed by atoms with Crippen molar-refractivity contribution in [3.8, 4) is 5.75 Å². The highest BCUT2D eigenvalue weighted by Gasteiger charge is 2.10. The third kappa shape index (κ3) is 4.77. The lowest BCUT2D eigenvalue weighted by Crippen LogP contribution is -2.18. The van der Waals surface area contributed by atoms with Crippen LogP contribution in [0.15, 0.2) is 18.2 Å². The van der Waals surface area contributed by atoms with Crippen LogP contribution in [0, 0.1) is 0 Å². The van der Waals surface area contributed by atoms with Gasteiger partial charge in [-0.2, -0.15) is 0 Å². The molecule has 0 aliphatic rings. The fourth-order valence-corrected chi connectivity index (χ4v) is 2.07. The zero-order valence-corrected chi connectivity index (χ0v) is 12.4. The van der Waals surface area contributed by atoms with Crippen LogP contribution in [0.3, 0.4) is 0 Å². The molecule has 0 amide bonds. The van der Waals surface area contributed by atoms with Gasteiger partial charge in [-0.3, -0.25) is 0 Å². The van der Waals surface area contributed by atoms with Gasteiger partial charge >= 0.3 is 0 Å². The van der Waals surface area contributed by atoms with Crippen LogP contribution in [0.5, 0.6) is 5.75 Å². The zero-order chi connectivity index (χ0) is 13.4. The summed E-state index contributed by atoms with van der Waals surface area (Å²) in [4.78, 5) is 0. The van der Waals surface area contributed by atoms with Gasteiger partial charge in [-0.25, -0.2) is 0 Å². The molecule has 1 atom stereocenters. The molecule has 0 aromatic heterocycles. The number of hydrogen-bond donors (Lipinski definition) is 1. The molecule has 2 nitrogen and oxygen atoms in total. The van der Waals surface area contributed by atoms with Crippen LogP contribution in [-0.4, -0.2) is 12.6 Å². The summed E-state index contributed by atoms with van der Waals surface area (Å²) < 4.78 is 5.74. The number of halogens is 1. The minimum Gasteiger partial charge on any atom is -0.491 e. The summed E-state index contributed by atoms with van der Waals surface area (Å²) in [5.74, 6) is 0.899. The highest BCUT2D eigenvalue weighted by molar-refractivity contribution is 6.30. The first kappa shape index (κ1) is 15.2. The molecule has 102 valence electrons. The highest BCUT2D eigenvalue weighted by Crippen LogP contribution is 2.29. The molecule has 0 radical (unpaired) electrons. The van der Waals surface area contributed by atoms with Crippen molar-refractivity contribution in [2.45, 2.75) is 52.5 Å². The van der Waals surface area contributed by atoms with Gasteiger partial charge in [-0.15, -0.1) is 0 Å². The second kappa shape index (κ2) is 8.25. The fraction of sp³-hybridized carbons (Fsp3) is 0.600. The van der Waals surface area contributed by atoms with Crippen molar-refractivity contribution in [3.63, 3.8) is 0 Å². The van der Waals surface area contributed by atoms with E-state index in [1.54, 1.807) is 0 Å². The van der Waals surface area contributed by atoms with E-state index >= 15 is 0 Å². The molecule has 3 heteroatoms. The molecule has 18 heavy (non-hydrogen) atoms. The van der Waals surface area contributed by atoms with E-state index in [9.17, 15) is 0 Å². The Balaban J connectivity index is 2.79. The maximum atomic E-state index is 6.06. The molecule has 0 bridgehead atoms. The minimum absolute atomic E-state index is 0.484. The summed E-state index contributed by atoms with van der Waals surface area (Å²) >= 11 is 6.06. The molecule has 1 aromatic carbocycles. The van der Waals surface area contributed by atoms with Crippen molar-refractivity contribution in [2.24, 2.45) is 0 Å². The van der Waals surface area contributed by atoms with Gasteiger partial charge in [0.1, 0.15) is 5.75 Å². The second-order valence-electron chi connectivity index (χ2n) is 4.53. The quantitative estimate of drug-likeness (QED) is 0.707. The monoisotopic (exact) mass is 269 g/mol. The summed E-state index contributed by atoms with van der Waals surface area (Å²) in [6.07, 6.45) is 4.45. The Kier molecular flexibility index (Phi) is 6.96. The molecule has 1 rings (SSSR count). The van der Waals surface area contributed by atoms with Crippen molar-refractivity contribution in [3.05, 3.63) is 23.2 Å². The number of anilines is 1. The van der Waals surface area contributed by atoms with E-state index in [2.05, 4.69) is 26.1 Å². The maximum Gasteiger partial charge on any atom is 0.142 e. The predicted octanol–water partition coefficient (Wildman–Crippen LogP) is 5.12. The van der Waals surface area contributed by atoms with Crippen molar-refractivity contribution < 1.29 is 4.74 Å². The summed E-state index contributed by atoms with van der Waals surface area (Å²) in [7, 11) is 0. The normalized spacial score (nSPS) is 12.2. The van der Waals surface area contributed by atoms with E-state index in [1.807, 2.05) is 18.2 Å². The topological polar surface area (TPSA) is 21.3 Å². The molecule has 1 unspecified atom stereocenters. The van der Waals surface area contributed by atoms with Gasteiger partial charge in [0.2, 0.25) is 0 Å². The largest absolute Gasteiger partial charge is 0.491 e. The maximum absolute atomic E-state index is 6.06. The lowest BCUT2D eigenvalue weighted by atomic mass is 10.1. The van der Waals surface area contributed by atoms with E-state index < -0.39 is 0 Å². The van der Waals surface area contributed by atoms with E-state index in [0.29, 0.717) is 6.04 Å². The summed E-state index contributed by atoms with van der Waals surface area (Å²) in [6.45, 7) is 7.25. The Bertz CT molecular complexity index is 354. The Labute approximate surface area is 116 Å². The summed E-state index contributed by atoms with van der Waals surface area (Å²) in [5.41, 5.74) is 1.01. The van der Waals surface area contributed by atoms with Crippen molar-refractivity contribution in [1.82, 2.24) is 0 Å². The van der Waals surface area contributed by atoms with Crippen molar-refractivity contribution in [2.75, 3.05) is 11.9 Å². The van der Waals surface area contributed by atoms with Gasteiger partial charge in [-0.05, 0) is 37.5 Å². The van der Waals surface area contributed by atoms with Gasteiger partial charge < -0.3 is 10.1 Å². The average Bonchev–Trinajstić information content (AvgIpc) is 2.37. The number of ether oxygens (including phenoxy) is 1. The molecule has 0 fully saturated rings.